The molecule has 1 aromatic heterocycles. The molecule has 1 aliphatic rings. The van der Waals surface area contributed by atoms with E-state index in [0.717, 1.165) is 49.7 Å². The van der Waals surface area contributed by atoms with Gasteiger partial charge in [0.15, 0.2) is 0 Å². The second kappa shape index (κ2) is 11.4. The van der Waals surface area contributed by atoms with E-state index in [2.05, 4.69) is 73.5 Å². The van der Waals surface area contributed by atoms with E-state index in [0.29, 0.717) is 18.7 Å². The van der Waals surface area contributed by atoms with Gasteiger partial charge in [0.25, 0.3) is 10.1 Å². The Morgan fingerprint density at radius 3 is 2.12 bits per heavy atom. The maximum Gasteiger partial charge on any atom is 0.261 e. The molecule has 3 aromatic rings. The summed E-state index contributed by atoms with van der Waals surface area (Å²) >= 11 is 0. The number of benzene rings is 2. The Morgan fingerprint density at radius 2 is 1.55 bits per heavy atom. The fourth-order valence-corrected chi connectivity index (χ4v) is 3.32. The highest BCUT2D eigenvalue weighted by Gasteiger charge is 2.15. The maximum absolute atomic E-state index is 9.19. The Bertz CT molecular complexity index is 1110. The van der Waals surface area contributed by atoms with Crippen molar-refractivity contribution in [2.24, 2.45) is 0 Å². The zero-order valence-corrected chi connectivity index (χ0v) is 20.1. The predicted octanol–water partition coefficient (Wildman–Crippen LogP) is 3.37. The molecule has 2 heterocycles. The number of hydrogen-bond donors (Lipinski definition) is 1. The van der Waals surface area contributed by atoms with Crippen molar-refractivity contribution in [3.63, 3.8) is 0 Å². The first-order valence-electron chi connectivity index (χ1n) is 10.8. The summed E-state index contributed by atoms with van der Waals surface area (Å²) in [5.74, 6) is 0.678. The van der Waals surface area contributed by atoms with Crippen LogP contribution in [0, 0.1) is 13.8 Å². The van der Waals surface area contributed by atoms with Crippen LogP contribution in [0.15, 0.2) is 54.7 Å². The molecule has 178 valence electrons. The van der Waals surface area contributed by atoms with E-state index in [9.17, 15) is 8.42 Å². The van der Waals surface area contributed by atoms with Crippen LogP contribution in [0.4, 0.5) is 0 Å². The number of nitrogens with zero attached hydrogens (tertiary/aromatic N) is 3. The van der Waals surface area contributed by atoms with Crippen molar-refractivity contribution in [3.05, 3.63) is 65.9 Å². The Morgan fingerprint density at radius 1 is 1.00 bits per heavy atom. The number of aromatic nitrogens is 2. The Hall–Kier alpha value is -2.72. The van der Waals surface area contributed by atoms with Crippen LogP contribution in [0.3, 0.4) is 0 Å². The summed E-state index contributed by atoms with van der Waals surface area (Å²) in [6.07, 6.45) is 2.77. The fourth-order valence-electron chi connectivity index (χ4n) is 3.32. The molecule has 0 unspecified atom stereocenters. The smallest absolute Gasteiger partial charge is 0.261 e. The molecule has 4 rings (SSSR count). The maximum atomic E-state index is 9.19. The lowest BCUT2D eigenvalue weighted by atomic mass is 10.1. The van der Waals surface area contributed by atoms with Crippen LogP contribution in [0.1, 0.15) is 11.1 Å². The zero-order chi connectivity index (χ0) is 23.8. The van der Waals surface area contributed by atoms with Gasteiger partial charge in [0.05, 0.1) is 30.7 Å². The van der Waals surface area contributed by atoms with Crippen LogP contribution in [0.25, 0.3) is 16.8 Å². The molecule has 0 bridgehead atoms. The van der Waals surface area contributed by atoms with Crippen LogP contribution in [-0.4, -0.2) is 73.4 Å². The normalized spacial score (nSPS) is 14.4. The predicted molar refractivity (Wildman–Crippen MR) is 129 cm³/mol. The van der Waals surface area contributed by atoms with Gasteiger partial charge in [-0.2, -0.15) is 8.42 Å². The fraction of sp³-hybridized carbons (Fsp3) is 0.375. The highest BCUT2D eigenvalue weighted by atomic mass is 32.2. The van der Waals surface area contributed by atoms with Crippen molar-refractivity contribution in [1.29, 1.82) is 0 Å². The Labute approximate surface area is 195 Å². The third kappa shape index (κ3) is 8.29. The van der Waals surface area contributed by atoms with E-state index in [1.54, 1.807) is 0 Å². The summed E-state index contributed by atoms with van der Waals surface area (Å²) in [5.41, 5.74) is 5.64. The van der Waals surface area contributed by atoms with Crippen molar-refractivity contribution < 1.29 is 22.4 Å². The minimum atomic E-state index is -3.67. The average Bonchev–Trinajstić information content (AvgIpc) is 3.18. The van der Waals surface area contributed by atoms with Crippen LogP contribution in [-0.2, 0) is 14.9 Å². The van der Waals surface area contributed by atoms with Gasteiger partial charge in [-0.1, -0.05) is 47.5 Å². The standard InChI is InChI=1S/C23H27N3O2.CH4O3S/c1-18-3-7-20(8-4-18)22-17-26(21-9-5-19(2)6-10-21)24-23(22)28-16-13-25-11-14-27-15-12-25;1-5(2,3)4/h3-10,17H,11-16H2,1-2H3;1H3,(H,2,3,4). The molecule has 9 heteroatoms. The minimum Gasteiger partial charge on any atom is -0.475 e. The van der Waals surface area contributed by atoms with Crippen molar-refractivity contribution in [2.75, 3.05) is 45.7 Å². The molecule has 0 saturated carbocycles. The molecule has 1 saturated heterocycles. The van der Waals surface area contributed by atoms with E-state index in [4.69, 9.17) is 19.1 Å². The molecule has 1 N–H and O–H groups in total. The molecule has 1 fully saturated rings. The summed E-state index contributed by atoms with van der Waals surface area (Å²) in [4.78, 5) is 2.37. The Balaban J connectivity index is 0.000000555. The molecule has 8 nitrogen and oxygen atoms in total. The summed E-state index contributed by atoms with van der Waals surface area (Å²) in [6.45, 7) is 9.22. The van der Waals surface area contributed by atoms with Crippen molar-refractivity contribution in [1.82, 2.24) is 14.7 Å². The quantitative estimate of drug-likeness (QED) is 0.549. The molecular weight excluding hydrogens is 442 g/mol. The first-order valence-corrected chi connectivity index (χ1v) is 12.6. The molecular formula is C24H31N3O5S. The molecule has 33 heavy (non-hydrogen) atoms. The van der Waals surface area contributed by atoms with Gasteiger partial charge < -0.3 is 9.47 Å². The lowest BCUT2D eigenvalue weighted by Crippen LogP contribution is -2.38. The van der Waals surface area contributed by atoms with Gasteiger partial charge in [-0.15, -0.1) is 5.10 Å². The monoisotopic (exact) mass is 473 g/mol. The van der Waals surface area contributed by atoms with Gasteiger partial charge in [-0.3, -0.25) is 9.45 Å². The Kier molecular flexibility index (Phi) is 8.62. The number of hydrogen-bond acceptors (Lipinski definition) is 6. The lowest BCUT2D eigenvalue weighted by molar-refractivity contribution is 0.0320. The van der Waals surface area contributed by atoms with E-state index in [1.165, 1.54) is 11.1 Å². The number of morpholine rings is 1. The average molecular weight is 474 g/mol. The van der Waals surface area contributed by atoms with Gasteiger partial charge in [-0.05, 0) is 31.5 Å². The molecule has 0 radical (unpaired) electrons. The van der Waals surface area contributed by atoms with Gasteiger partial charge in [0, 0.05) is 25.8 Å². The lowest BCUT2D eigenvalue weighted by Gasteiger charge is -2.26. The minimum absolute atomic E-state index is 0.615. The number of aryl methyl sites for hydroxylation is 2. The van der Waals surface area contributed by atoms with E-state index in [1.807, 2.05) is 4.68 Å². The van der Waals surface area contributed by atoms with Crippen molar-refractivity contribution >= 4 is 10.1 Å². The van der Waals surface area contributed by atoms with Gasteiger partial charge in [0.2, 0.25) is 5.88 Å². The van der Waals surface area contributed by atoms with Crippen molar-refractivity contribution in [2.45, 2.75) is 13.8 Å². The second-order valence-corrected chi connectivity index (χ2v) is 9.50. The van der Waals surface area contributed by atoms with E-state index < -0.39 is 10.1 Å². The first kappa shape index (κ1) is 24.9. The first-order chi connectivity index (χ1) is 15.7. The largest absolute Gasteiger partial charge is 0.475 e. The molecule has 1 aliphatic heterocycles. The second-order valence-electron chi connectivity index (χ2n) is 8.03. The molecule has 0 aliphatic carbocycles. The van der Waals surface area contributed by atoms with Gasteiger partial charge >= 0.3 is 0 Å². The summed E-state index contributed by atoms with van der Waals surface area (Å²) in [7, 11) is -3.67. The molecule has 0 spiro atoms. The third-order valence-corrected chi connectivity index (χ3v) is 5.09. The van der Waals surface area contributed by atoms with Crippen LogP contribution < -0.4 is 4.74 Å². The molecule has 0 atom stereocenters. The SMILES string of the molecule is CS(=O)(=O)O.Cc1ccc(-c2cn(-c3ccc(C)cc3)nc2OCCN2CCOCC2)cc1. The molecule has 0 amide bonds. The summed E-state index contributed by atoms with van der Waals surface area (Å²) in [6, 6.07) is 16.9. The zero-order valence-electron chi connectivity index (χ0n) is 19.3. The summed E-state index contributed by atoms with van der Waals surface area (Å²) in [5, 5.41) is 4.74. The van der Waals surface area contributed by atoms with Crippen molar-refractivity contribution in [3.8, 4) is 22.7 Å². The van der Waals surface area contributed by atoms with Crippen LogP contribution in [0.5, 0.6) is 5.88 Å². The third-order valence-electron chi connectivity index (χ3n) is 5.09. The van der Waals surface area contributed by atoms with Gasteiger partial charge in [-0.25, -0.2) is 4.68 Å². The number of rotatable bonds is 6. The van der Waals surface area contributed by atoms with Crippen LogP contribution >= 0.6 is 0 Å². The topological polar surface area (TPSA) is 93.9 Å². The van der Waals surface area contributed by atoms with E-state index in [-0.39, 0.29) is 0 Å². The highest BCUT2D eigenvalue weighted by molar-refractivity contribution is 7.85. The van der Waals surface area contributed by atoms with Gasteiger partial charge in [0.1, 0.15) is 6.61 Å². The number of ether oxygens (including phenoxy) is 2. The van der Waals surface area contributed by atoms with Crippen LogP contribution in [0.2, 0.25) is 0 Å². The highest BCUT2D eigenvalue weighted by Crippen LogP contribution is 2.30. The summed E-state index contributed by atoms with van der Waals surface area (Å²) < 4.78 is 39.3. The molecule has 2 aromatic carbocycles. The van der Waals surface area contributed by atoms with E-state index >= 15 is 0 Å².